The van der Waals surface area contributed by atoms with Crippen LogP contribution in [0.4, 0.5) is 5.69 Å². The van der Waals surface area contributed by atoms with E-state index < -0.39 is 11.9 Å². The fourth-order valence-corrected chi connectivity index (χ4v) is 2.84. The number of carbonyl (C=O) groups excluding carboxylic acids is 3. The van der Waals surface area contributed by atoms with Crippen LogP contribution in [-0.4, -0.2) is 45.3 Å². The molecule has 0 radical (unpaired) electrons. The maximum absolute atomic E-state index is 12.3. The van der Waals surface area contributed by atoms with E-state index in [1.807, 2.05) is 0 Å². The predicted molar refractivity (Wildman–Crippen MR) is 93.1 cm³/mol. The van der Waals surface area contributed by atoms with Crippen molar-refractivity contribution in [1.82, 2.24) is 0 Å². The minimum absolute atomic E-state index is 0.00357. The molecule has 0 fully saturated rings. The fraction of sp³-hybridized carbons (Fsp3) is 0.353. The number of methoxy groups -OCH3 is 2. The third-order valence-electron chi connectivity index (χ3n) is 3.71. The molecule has 7 nitrogen and oxygen atoms in total. The van der Waals surface area contributed by atoms with Gasteiger partial charge in [0.05, 0.1) is 32.1 Å². The third-order valence-corrected chi connectivity index (χ3v) is 4.20. The molecule has 0 N–H and O–H groups in total. The molecule has 1 aromatic rings. The number of halogens is 1. The molecule has 0 amide bonds. The molecule has 0 spiro atoms. The number of hydrogen-bond donors (Lipinski definition) is 0. The Bertz CT molecular complexity index is 743. The highest BCUT2D eigenvalue weighted by Crippen LogP contribution is 2.32. The van der Waals surface area contributed by atoms with Gasteiger partial charge in [-0.05, 0) is 18.2 Å². The predicted octanol–water partition coefficient (Wildman–Crippen LogP) is 2.44. The van der Waals surface area contributed by atoms with Gasteiger partial charge in [0, 0.05) is 16.5 Å². The van der Waals surface area contributed by atoms with Crippen LogP contribution in [0.1, 0.15) is 23.7 Å². The van der Waals surface area contributed by atoms with Crippen LogP contribution < -0.4 is 4.90 Å². The summed E-state index contributed by atoms with van der Waals surface area (Å²) in [4.78, 5) is 38.1. The summed E-state index contributed by atoms with van der Waals surface area (Å²) < 4.78 is 15.7. The molecule has 134 valence electrons. The molecule has 2 rings (SSSR count). The Labute approximate surface area is 153 Å². The van der Waals surface area contributed by atoms with E-state index >= 15 is 0 Å². The van der Waals surface area contributed by atoms with E-state index in [-0.39, 0.29) is 30.4 Å². The number of Topliss-reactive ketones (excluding diaryl/α,β-unsaturated/α-hetero) is 1. The molecule has 0 bridgehead atoms. The number of anilines is 1. The number of rotatable bonds is 5. The first kappa shape index (κ1) is 19.1. The van der Waals surface area contributed by atoms with E-state index in [4.69, 9.17) is 14.2 Å². The number of carbonyl (C=O) groups is 3. The molecule has 0 saturated heterocycles. The molecule has 0 saturated carbocycles. The van der Waals surface area contributed by atoms with Crippen molar-refractivity contribution in [3.05, 3.63) is 39.5 Å². The summed E-state index contributed by atoms with van der Waals surface area (Å²) in [5.41, 5.74) is 0.906. The monoisotopic (exact) mass is 411 g/mol. The van der Waals surface area contributed by atoms with Gasteiger partial charge in [0.15, 0.2) is 5.78 Å². The van der Waals surface area contributed by atoms with Gasteiger partial charge in [-0.3, -0.25) is 4.79 Å². The Morgan fingerprint density at radius 2 is 1.88 bits per heavy atom. The highest BCUT2D eigenvalue weighted by atomic mass is 79.9. The molecular formula is C17H18BrNO6. The lowest BCUT2D eigenvalue weighted by Gasteiger charge is -2.32. The van der Waals surface area contributed by atoms with E-state index in [1.54, 1.807) is 25.1 Å². The number of hydrogen-bond acceptors (Lipinski definition) is 7. The zero-order valence-corrected chi connectivity index (χ0v) is 15.7. The number of ether oxygens (including phenoxy) is 3. The van der Waals surface area contributed by atoms with Crippen molar-refractivity contribution < 1.29 is 28.6 Å². The lowest BCUT2D eigenvalue weighted by Crippen LogP contribution is -2.39. The van der Waals surface area contributed by atoms with E-state index in [2.05, 4.69) is 15.9 Å². The van der Waals surface area contributed by atoms with Gasteiger partial charge >= 0.3 is 11.9 Å². The quantitative estimate of drug-likeness (QED) is 0.543. The highest BCUT2D eigenvalue weighted by Gasteiger charge is 2.34. The molecule has 0 unspecified atom stereocenters. The van der Waals surface area contributed by atoms with Crippen molar-refractivity contribution >= 4 is 39.3 Å². The molecule has 1 aromatic carbocycles. The minimum atomic E-state index is -0.710. The standard InChI is InChI=1S/C17H18BrNO6/c1-4-14(20)11-6-5-10(18)7-13(11)19-9-25-8-12(16(21)23-2)15(19)17(22)24-3/h5-7H,4,8-9H2,1-3H3. The van der Waals surface area contributed by atoms with Crippen LogP contribution in [0, 0.1) is 0 Å². The molecule has 1 aliphatic heterocycles. The molecule has 0 aliphatic carbocycles. The van der Waals surface area contributed by atoms with E-state index in [1.165, 1.54) is 19.1 Å². The average molecular weight is 412 g/mol. The summed E-state index contributed by atoms with van der Waals surface area (Å²) in [7, 11) is 2.44. The summed E-state index contributed by atoms with van der Waals surface area (Å²) in [6, 6.07) is 5.09. The second kappa shape index (κ2) is 8.26. The van der Waals surface area contributed by atoms with Crippen molar-refractivity contribution in [1.29, 1.82) is 0 Å². The van der Waals surface area contributed by atoms with Crippen LogP contribution in [0.2, 0.25) is 0 Å². The van der Waals surface area contributed by atoms with Crippen LogP contribution >= 0.6 is 15.9 Å². The summed E-state index contributed by atoms with van der Waals surface area (Å²) in [6.07, 6.45) is 0.296. The van der Waals surface area contributed by atoms with Gasteiger partial charge in [0.1, 0.15) is 12.4 Å². The van der Waals surface area contributed by atoms with Crippen LogP contribution in [0.25, 0.3) is 0 Å². The summed E-state index contributed by atoms with van der Waals surface area (Å²) in [6.45, 7) is 1.65. The minimum Gasteiger partial charge on any atom is -0.466 e. The van der Waals surface area contributed by atoms with Crippen molar-refractivity contribution in [2.45, 2.75) is 13.3 Å². The molecule has 0 aromatic heterocycles. The maximum Gasteiger partial charge on any atom is 0.355 e. The first-order chi connectivity index (χ1) is 11.9. The fourth-order valence-electron chi connectivity index (χ4n) is 2.49. The Morgan fingerprint density at radius 1 is 1.20 bits per heavy atom. The van der Waals surface area contributed by atoms with Gasteiger partial charge in [-0.15, -0.1) is 0 Å². The van der Waals surface area contributed by atoms with Gasteiger partial charge in [0.25, 0.3) is 0 Å². The lowest BCUT2D eigenvalue weighted by atomic mass is 10.0. The maximum atomic E-state index is 12.3. The normalized spacial score (nSPS) is 14.3. The summed E-state index contributed by atoms with van der Waals surface area (Å²) >= 11 is 3.36. The van der Waals surface area contributed by atoms with Crippen LogP contribution in [0.15, 0.2) is 33.9 Å². The van der Waals surface area contributed by atoms with Crippen LogP contribution in [0.3, 0.4) is 0 Å². The molecule has 1 heterocycles. The van der Waals surface area contributed by atoms with Crippen molar-refractivity contribution in [3.63, 3.8) is 0 Å². The van der Waals surface area contributed by atoms with Crippen LogP contribution in [-0.2, 0) is 23.8 Å². The smallest absolute Gasteiger partial charge is 0.355 e. The van der Waals surface area contributed by atoms with Crippen molar-refractivity contribution in [3.8, 4) is 0 Å². The van der Waals surface area contributed by atoms with Gasteiger partial charge in [-0.1, -0.05) is 22.9 Å². The Hall–Kier alpha value is -2.19. The number of ketones is 1. The topological polar surface area (TPSA) is 82.1 Å². The zero-order valence-electron chi connectivity index (χ0n) is 14.1. The highest BCUT2D eigenvalue weighted by molar-refractivity contribution is 9.10. The number of esters is 2. The third kappa shape index (κ3) is 3.91. The summed E-state index contributed by atoms with van der Waals surface area (Å²) in [5, 5.41) is 0. The van der Waals surface area contributed by atoms with Gasteiger partial charge in [0.2, 0.25) is 0 Å². The van der Waals surface area contributed by atoms with E-state index in [9.17, 15) is 14.4 Å². The van der Waals surface area contributed by atoms with Crippen molar-refractivity contribution in [2.24, 2.45) is 0 Å². The number of nitrogens with zero attached hydrogens (tertiary/aromatic N) is 1. The van der Waals surface area contributed by atoms with E-state index in [0.29, 0.717) is 22.1 Å². The van der Waals surface area contributed by atoms with Gasteiger partial charge in [-0.2, -0.15) is 0 Å². The molecular weight excluding hydrogens is 394 g/mol. The lowest BCUT2D eigenvalue weighted by molar-refractivity contribution is -0.140. The Morgan fingerprint density at radius 3 is 2.48 bits per heavy atom. The average Bonchev–Trinajstić information content (AvgIpc) is 2.65. The van der Waals surface area contributed by atoms with Crippen LogP contribution in [0.5, 0.6) is 0 Å². The van der Waals surface area contributed by atoms with Crippen molar-refractivity contribution in [2.75, 3.05) is 32.5 Å². The molecule has 0 atom stereocenters. The van der Waals surface area contributed by atoms with E-state index in [0.717, 1.165) is 0 Å². The molecule has 8 heteroatoms. The largest absolute Gasteiger partial charge is 0.466 e. The zero-order chi connectivity index (χ0) is 18.6. The van der Waals surface area contributed by atoms with Gasteiger partial charge in [-0.25, -0.2) is 9.59 Å². The molecule has 1 aliphatic rings. The number of benzene rings is 1. The first-order valence-electron chi connectivity index (χ1n) is 7.52. The SMILES string of the molecule is CCC(=O)c1ccc(Br)cc1N1COCC(C(=O)OC)=C1C(=O)OC. The Kier molecular flexibility index (Phi) is 6.33. The second-order valence-electron chi connectivity index (χ2n) is 5.15. The summed E-state index contributed by atoms with van der Waals surface area (Å²) in [5.74, 6) is -1.50. The molecule has 25 heavy (non-hydrogen) atoms. The first-order valence-corrected chi connectivity index (χ1v) is 8.31. The Balaban J connectivity index is 2.67. The second-order valence-corrected chi connectivity index (χ2v) is 6.07. The van der Waals surface area contributed by atoms with Gasteiger partial charge < -0.3 is 19.1 Å².